The molecule has 2 aliphatic rings. The summed E-state index contributed by atoms with van der Waals surface area (Å²) in [5, 5.41) is 2.26. The fourth-order valence-corrected chi connectivity index (χ4v) is 4.59. The molecule has 0 saturated carbocycles. The van der Waals surface area contributed by atoms with Crippen LogP contribution in [0.15, 0.2) is 97.2 Å². The Morgan fingerprint density at radius 1 is 0.919 bits per heavy atom. The first kappa shape index (κ1) is 25.0. The van der Waals surface area contributed by atoms with Crippen molar-refractivity contribution < 1.29 is 24.8 Å². The molecular weight excluding hydrogens is 635 g/mol. The molecule has 0 saturated heterocycles. The molecule has 0 fully saturated rings. The monoisotopic (exact) mass is 661 g/mol. The molecule has 3 heterocycles. The van der Waals surface area contributed by atoms with Gasteiger partial charge >= 0.3 is 20.1 Å². The Balaban J connectivity index is 0.000000183. The molecular formula is C32H26IrN3O. The van der Waals surface area contributed by atoms with Crippen LogP contribution in [0.2, 0.25) is 0 Å². The summed E-state index contributed by atoms with van der Waals surface area (Å²) in [6, 6.07) is 37.0. The Hall–Kier alpha value is -3.66. The first-order chi connectivity index (χ1) is 17.8. The van der Waals surface area contributed by atoms with Crippen molar-refractivity contribution in [3.63, 3.8) is 0 Å². The van der Waals surface area contributed by atoms with Crippen molar-refractivity contribution in [2.24, 2.45) is 0 Å². The molecule has 2 aliphatic heterocycles. The SMILES string of the molecule is CCCCN1[CH-]N2c3[c-]c4ccccc4cc3Oc3cccc1c32.[Ir+3].[c-]1ccccc1-c1ccccn1. The first-order valence-electron chi connectivity index (χ1n) is 12.4. The molecule has 0 bridgehead atoms. The average molecular weight is 661 g/mol. The molecule has 5 aromatic rings. The summed E-state index contributed by atoms with van der Waals surface area (Å²) >= 11 is 0. The van der Waals surface area contributed by atoms with Gasteiger partial charge < -0.3 is 19.5 Å². The molecule has 0 radical (unpaired) electrons. The second-order valence-corrected chi connectivity index (χ2v) is 8.82. The van der Waals surface area contributed by atoms with Gasteiger partial charge in [-0.05, 0) is 42.5 Å². The van der Waals surface area contributed by atoms with Crippen LogP contribution < -0.4 is 14.5 Å². The summed E-state index contributed by atoms with van der Waals surface area (Å²) in [5.41, 5.74) is 5.35. The number of aromatic nitrogens is 1. The second-order valence-electron chi connectivity index (χ2n) is 8.82. The van der Waals surface area contributed by atoms with Crippen LogP contribution >= 0.6 is 0 Å². The van der Waals surface area contributed by atoms with E-state index in [0.717, 1.165) is 51.4 Å². The van der Waals surface area contributed by atoms with E-state index in [1.807, 2.05) is 54.6 Å². The number of nitrogens with zero attached hydrogens (tertiary/aromatic N) is 3. The summed E-state index contributed by atoms with van der Waals surface area (Å²) < 4.78 is 6.21. The van der Waals surface area contributed by atoms with E-state index in [1.54, 1.807) is 6.20 Å². The zero-order valence-electron chi connectivity index (χ0n) is 20.5. The van der Waals surface area contributed by atoms with E-state index < -0.39 is 0 Å². The Morgan fingerprint density at radius 3 is 2.59 bits per heavy atom. The van der Waals surface area contributed by atoms with E-state index in [1.165, 1.54) is 18.5 Å². The molecule has 4 aromatic carbocycles. The van der Waals surface area contributed by atoms with Crippen LogP contribution in [0.3, 0.4) is 0 Å². The Bertz CT molecular complexity index is 1450. The minimum Gasteiger partial charge on any atom is -0.501 e. The van der Waals surface area contributed by atoms with Crippen LogP contribution in [0.4, 0.5) is 17.1 Å². The second kappa shape index (κ2) is 11.2. The van der Waals surface area contributed by atoms with Crippen LogP contribution in [-0.4, -0.2) is 11.5 Å². The van der Waals surface area contributed by atoms with Gasteiger partial charge in [-0.3, -0.25) is 0 Å². The summed E-state index contributed by atoms with van der Waals surface area (Å²) in [4.78, 5) is 8.77. The minimum atomic E-state index is 0. The van der Waals surface area contributed by atoms with Crippen molar-refractivity contribution in [3.05, 3.63) is 116 Å². The molecule has 0 aliphatic carbocycles. The topological polar surface area (TPSA) is 28.6 Å². The number of benzene rings is 4. The average Bonchev–Trinajstić information content (AvgIpc) is 3.32. The molecule has 0 atom stereocenters. The normalized spacial score (nSPS) is 12.6. The van der Waals surface area contributed by atoms with Crippen LogP contribution in [0.5, 0.6) is 11.5 Å². The van der Waals surface area contributed by atoms with E-state index in [0.29, 0.717) is 0 Å². The molecule has 4 nitrogen and oxygen atoms in total. The van der Waals surface area contributed by atoms with Gasteiger partial charge in [0.25, 0.3) is 0 Å². The summed E-state index contributed by atoms with van der Waals surface area (Å²) in [6.45, 7) is 5.43. The predicted molar refractivity (Wildman–Crippen MR) is 147 cm³/mol. The number of ether oxygens (including phenoxy) is 1. The molecule has 184 valence electrons. The Kier molecular flexibility index (Phi) is 7.55. The third-order valence-corrected chi connectivity index (χ3v) is 6.38. The molecule has 1 aromatic heterocycles. The van der Waals surface area contributed by atoms with E-state index >= 15 is 0 Å². The molecule has 0 unspecified atom stereocenters. The van der Waals surface area contributed by atoms with Gasteiger partial charge in [-0.2, -0.15) is 6.67 Å². The predicted octanol–water partition coefficient (Wildman–Crippen LogP) is 8.17. The molecule has 0 amide bonds. The van der Waals surface area contributed by atoms with E-state index in [9.17, 15) is 0 Å². The van der Waals surface area contributed by atoms with Gasteiger partial charge in [0.2, 0.25) is 0 Å². The Morgan fingerprint density at radius 2 is 1.78 bits per heavy atom. The maximum absolute atomic E-state index is 6.21. The van der Waals surface area contributed by atoms with Crippen molar-refractivity contribution in [2.75, 3.05) is 16.3 Å². The first-order valence-corrected chi connectivity index (χ1v) is 12.4. The van der Waals surface area contributed by atoms with Crippen LogP contribution in [0.25, 0.3) is 22.0 Å². The molecule has 37 heavy (non-hydrogen) atoms. The number of para-hydroxylation sites is 1. The van der Waals surface area contributed by atoms with Crippen LogP contribution in [0, 0.1) is 18.8 Å². The maximum atomic E-state index is 6.21. The van der Waals surface area contributed by atoms with Crippen LogP contribution in [0.1, 0.15) is 19.8 Å². The van der Waals surface area contributed by atoms with Gasteiger partial charge in [-0.15, -0.1) is 64.9 Å². The van der Waals surface area contributed by atoms with Gasteiger partial charge in [-0.25, -0.2) is 0 Å². The van der Waals surface area contributed by atoms with Gasteiger partial charge in [0.15, 0.2) is 0 Å². The largest absolute Gasteiger partial charge is 3.00 e. The minimum absolute atomic E-state index is 0. The number of anilines is 3. The Labute approximate surface area is 231 Å². The third kappa shape index (κ3) is 4.98. The van der Waals surface area contributed by atoms with Crippen LogP contribution in [-0.2, 0) is 20.1 Å². The number of hydrogen-bond acceptors (Lipinski definition) is 4. The number of rotatable bonds is 4. The number of fused-ring (bicyclic) bond motifs is 3. The summed E-state index contributed by atoms with van der Waals surface area (Å²) in [6.07, 6.45) is 4.14. The smallest absolute Gasteiger partial charge is 0.501 e. The number of unbranched alkanes of at least 4 members (excludes halogenated alkanes) is 1. The summed E-state index contributed by atoms with van der Waals surface area (Å²) in [5.74, 6) is 1.78. The third-order valence-electron chi connectivity index (χ3n) is 6.38. The fraction of sp³-hybridized carbons (Fsp3) is 0.125. The van der Waals surface area contributed by atoms with Gasteiger partial charge in [0, 0.05) is 11.9 Å². The molecule has 0 spiro atoms. The molecule has 5 heteroatoms. The number of hydrogen-bond donors (Lipinski definition) is 0. The van der Waals surface area contributed by atoms with Crippen molar-refractivity contribution >= 4 is 27.8 Å². The van der Waals surface area contributed by atoms with Gasteiger partial charge in [0.1, 0.15) is 5.75 Å². The number of pyridine rings is 1. The standard InChI is InChI=1S/C21H18N2O.C11H8N.Ir/c1-2-3-11-22-14-23-18-12-15-7-4-5-8-16(15)13-20(18)24-19-10-6-9-17(22)21(19)23;1-2-6-10(7-3-1)11-8-4-5-9-12-11;/h4-10,13-14H,2-3,11H2,1H3;1-6,8-9H;/q-2;-1;+3. The molecule has 0 N–H and O–H groups in total. The van der Waals surface area contributed by atoms with Crippen molar-refractivity contribution in [1.29, 1.82) is 0 Å². The van der Waals surface area contributed by atoms with Crippen molar-refractivity contribution in [1.82, 2.24) is 4.98 Å². The quantitative estimate of drug-likeness (QED) is 0.182. The van der Waals surface area contributed by atoms with E-state index in [4.69, 9.17) is 4.74 Å². The van der Waals surface area contributed by atoms with Gasteiger partial charge in [0.05, 0.1) is 11.4 Å². The zero-order valence-corrected chi connectivity index (χ0v) is 22.9. The zero-order chi connectivity index (χ0) is 24.3. The maximum Gasteiger partial charge on any atom is 3.00 e. The fourth-order valence-electron chi connectivity index (χ4n) is 4.59. The van der Waals surface area contributed by atoms with E-state index in [-0.39, 0.29) is 20.1 Å². The van der Waals surface area contributed by atoms with Crippen molar-refractivity contribution in [3.8, 4) is 22.8 Å². The molecule has 7 rings (SSSR count). The van der Waals surface area contributed by atoms with Gasteiger partial charge in [-0.1, -0.05) is 49.7 Å². The van der Waals surface area contributed by atoms with E-state index in [2.05, 4.69) is 76.9 Å². The summed E-state index contributed by atoms with van der Waals surface area (Å²) in [7, 11) is 0. The van der Waals surface area contributed by atoms with Crippen molar-refractivity contribution in [2.45, 2.75) is 19.8 Å².